The normalized spacial score (nSPS) is 9.64. The number of halogens is 2. The molecule has 0 aliphatic rings. The van der Waals surface area contributed by atoms with Crippen LogP contribution in [0.5, 0.6) is 0 Å². The van der Waals surface area contributed by atoms with Gasteiger partial charge in [0, 0.05) is 0 Å². The maximum Gasteiger partial charge on any atom is 0.338 e. The molecule has 0 unspecified atom stereocenters. The Hall–Kier alpha value is -1.71. The predicted octanol–water partition coefficient (Wildman–Crippen LogP) is 2.15. The van der Waals surface area contributed by atoms with Gasteiger partial charge in [0.2, 0.25) is 0 Å². The van der Waals surface area contributed by atoms with E-state index < -0.39 is 23.2 Å². The van der Waals surface area contributed by atoms with Crippen molar-refractivity contribution in [3.05, 3.63) is 42.0 Å². The number of methoxy groups -OCH3 is 1. The maximum absolute atomic E-state index is 13.1. The Bertz CT molecular complexity index is 365. The highest BCUT2D eigenvalue weighted by atomic mass is 19.1. The van der Waals surface area contributed by atoms with Gasteiger partial charge in [0.25, 0.3) is 0 Å². The first-order valence-electron chi connectivity index (χ1n) is 3.79. The molecule has 1 rings (SSSR count). The Morgan fingerprint density at radius 2 is 1.86 bits per heavy atom. The average molecular weight is 198 g/mol. The quantitative estimate of drug-likeness (QED) is 0.537. The first kappa shape index (κ1) is 10.4. The van der Waals surface area contributed by atoms with E-state index in [0.717, 1.165) is 19.2 Å². The summed E-state index contributed by atoms with van der Waals surface area (Å²) in [6, 6.07) is 3.30. The van der Waals surface area contributed by atoms with Gasteiger partial charge in [-0.25, -0.2) is 13.6 Å². The highest BCUT2D eigenvalue weighted by Gasteiger charge is 2.17. The van der Waals surface area contributed by atoms with E-state index in [2.05, 4.69) is 11.3 Å². The lowest BCUT2D eigenvalue weighted by Crippen LogP contribution is -2.06. The van der Waals surface area contributed by atoms with E-state index in [1.165, 1.54) is 6.07 Å². The Labute approximate surface area is 79.8 Å². The van der Waals surface area contributed by atoms with Crippen molar-refractivity contribution in [1.82, 2.24) is 0 Å². The molecule has 0 fully saturated rings. The summed E-state index contributed by atoms with van der Waals surface area (Å²) < 4.78 is 30.5. The van der Waals surface area contributed by atoms with E-state index in [4.69, 9.17) is 0 Å². The van der Waals surface area contributed by atoms with Crippen LogP contribution < -0.4 is 0 Å². The van der Waals surface area contributed by atoms with Gasteiger partial charge in [0.1, 0.15) is 11.6 Å². The monoisotopic (exact) mass is 198 g/mol. The van der Waals surface area contributed by atoms with Gasteiger partial charge >= 0.3 is 5.97 Å². The Morgan fingerprint density at radius 1 is 1.36 bits per heavy atom. The van der Waals surface area contributed by atoms with Gasteiger partial charge < -0.3 is 4.74 Å². The molecule has 2 nitrogen and oxygen atoms in total. The zero-order chi connectivity index (χ0) is 10.7. The highest BCUT2D eigenvalue weighted by Crippen LogP contribution is 2.20. The molecule has 1 aromatic rings. The van der Waals surface area contributed by atoms with E-state index >= 15 is 0 Å². The van der Waals surface area contributed by atoms with Crippen molar-refractivity contribution in [1.29, 1.82) is 0 Å². The van der Waals surface area contributed by atoms with E-state index in [1.807, 2.05) is 0 Å². The number of hydrogen-bond acceptors (Lipinski definition) is 2. The molecule has 0 atom stereocenters. The molecule has 0 aromatic heterocycles. The first-order chi connectivity index (χ1) is 6.57. The van der Waals surface area contributed by atoms with Crippen molar-refractivity contribution in [2.45, 2.75) is 0 Å². The zero-order valence-corrected chi connectivity index (χ0v) is 7.51. The van der Waals surface area contributed by atoms with Gasteiger partial charge in [0.05, 0.1) is 18.2 Å². The SMILES string of the molecule is C=C(C(=O)OC)c1c(F)cccc1F. The molecule has 0 heterocycles. The molecule has 1 aromatic carbocycles. The average Bonchev–Trinajstić information content (AvgIpc) is 2.16. The third kappa shape index (κ3) is 1.79. The largest absolute Gasteiger partial charge is 0.465 e. The fourth-order valence-electron chi connectivity index (χ4n) is 1.01. The standard InChI is InChI=1S/C10H8F2O2/c1-6(10(13)14-2)9-7(11)4-3-5-8(9)12/h3-5H,1H2,2H3. The number of carbonyl (C=O) groups is 1. The molecule has 0 bridgehead atoms. The summed E-state index contributed by atoms with van der Waals surface area (Å²) in [5.74, 6) is -2.52. The van der Waals surface area contributed by atoms with Crippen molar-refractivity contribution in [3.63, 3.8) is 0 Å². The molecule has 0 amide bonds. The second kappa shape index (κ2) is 4.00. The van der Waals surface area contributed by atoms with E-state index in [-0.39, 0.29) is 5.57 Å². The fourth-order valence-corrected chi connectivity index (χ4v) is 1.01. The van der Waals surface area contributed by atoms with Crippen LogP contribution in [0.15, 0.2) is 24.8 Å². The lowest BCUT2D eigenvalue weighted by Gasteiger charge is -2.05. The van der Waals surface area contributed by atoms with Crippen LogP contribution in [-0.2, 0) is 9.53 Å². The number of hydrogen-bond donors (Lipinski definition) is 0. The van der Waals surface area contributed by atoms with Gasteiger partial charge in [-0.2, -0.15) is 0 Å². The Morgan fingerprint density at radius 3 is 2.29 bits per heavy atom. The lowest BCUT2D eigenvalue weighted by atomic mass is 10.1. The zero-order valence-electron chi connectivity index (χ0n) is 7.51. The number of carbonyl (C=O) groups excluding carboxylic acids is 1. The van der Waals surface area contributed by atoms with Gasteiger partial charge in [-0.3, -0.25) is 0 Å². The summed E-state index contributed by atoms with van der Waals surface area (Å²) in [5, 5.41) is 0. The van der Waals surface area contributed by atoms with Crippen LogP contribution in [0.4, 0.5) is 8.78 Å². The van der Waals surface area contributed by atoms with Crippen molar-refractivity contribution in [3.8, 4) is 0 Å². The molecule has 0 aliphatic carbocycles. The van der Waals surface area contributed by atoms with Crippen molar-refractivity contribution >= 4 is 11.5 Å². The third-order valence-electron chi connectivity index (χ3n) is 1.70. The highest BCUT2D eigenvalue weighted by molar-refractivity contribution is 6.15. The summed E-state index contributed by atoms with van der Waals surface area (Å²) >= 11 is 0. The smallest absolute Gasteiger partial charge is 0.338 e. The van der Waals surface area contributed by atoms with E-state index in [0.29, 0.717) is 0 Å². The second-order valence-electron chi connectivity index (χ2n) is 2.57. The Balaban J connectivity index is 3.19. The minimum atomic E-state index is -0.853. The van der Waals surface area contributed by atoms with Gasteiger partial charge in [0.15, 0.2) is 0 Å². The molecular weight excluding hydrogens is 190 g/mol. The fraction of sp³-hybridized carbons (Fsp3) is 0.100. The van der Waals surface area contributed by atoms with E-state index in [1.54, 1.807) is 0 Å². The summed E-state index contributed by atoms with van der Waals surface area (Å²) in [5.41, 5.74) is -0.776. The van der Waals surface area contributed by atoms with Crippen molar-refractivity contribution in [2.75, 3.05) is 7.11 Å². The summed E-state index contributed by atoms with van der Waals surface area (Å²) in [4.78, 5) is 11.0. The minimum absolute atomic E-state index is 0.330. The van der Waals surface area contributed by atoms with Crippen LogP contribution in [0.25, 0.3) is 5.57 Å². The van der Waals surface area contributed by atoms with Crippen LogP contribution in [0.1, 0.15) is 5.56 Å². The molecule has 0 N–H and O–H groups in total. The van der Waals surface area contributed by atoms with Crippen molar-refractivity contribution < 1.29 is 18.3 Å². The molecule has 0 radical (unpaired) electrons. The van der Waals surface area contributed by atoms with Crippen molar-refractivity contribution in [2.24, 2.45) is 0 Å². The van der Waals surface area contributed by atoms with Gasteiger partial charge in [-0.1, -0.05) is 12.6 Å². The number of benzene rings is 1. The second-order valence-corrected chi connectivity index (χ2v) is 2.57. The third-order valence-corrected chi connectivity index (χ3v) is 1.70. The summed E-state index contributed by atoms with van der Waals surface area (Å²) in [6.45, 7) is 3.26. The Kier molecular flexibility index (Phi) is 2.96. The molecular formula is C10H8F2O2. The van der Waals surface area contributed by atoms with Gasteiger partial charge in [-0.05, 0) is 12.1 Å². The molecule has 14 heavy (non-hydrogen) atoms. The number of rotatable bonds is 2. The summed E-state index contributed by atoms with van der Waals surface area (Å²) in [7, 11) is 1.12. The predicted molar refractivity (Wildman–Crippen MR) is 47.4 cm³/mol. The van der Waals surface area contributed by atoms with Crippen LogP contribution in [0, 0.1) is 11.6 Å². The van der Waals surface area contributed by atoms with Crippen LogP contribution in [-0.4, -0.2) is 13.1 Å². The minimum Gasteiger partial charge on any atom is -0.465 e. The molecule has 0 aliphatic heterocycles. The van der Waals surface area contributed by atoms with Gasteiger partial charge in [-0.15, -0.1) is 0 Å². The first-order valence-corrected chi connectivity index (χ1v) is 3.79. The maximum atomic E-state index is 13.1. The van der Waals surface area contributed by atoms with Crippen LogP contribution in [0.2, 0.25) is 0 Å². The molecule has 0 saturated heterocycles. The van der Waals surface area contributed by atoms with Crippen LogP contribution in [0.3, 0.4) is 0 Å². The van der Waals surface area contributed by atoms with E-state index in [9.17, 15) is 13.6 Å². The molecule has 0 saturated carbocycles. The lowest BCUT2D eigenvalue weighted by molar-refractivity contribution is -0.133. The van der Waals surface area contributed by atoms with Crippen LogP contribution >= 0.6 is 0 Å². The topological polar surface area (TPSA) is 26.3 Å². The molecule has 0 spiro atoms. The number of ether oxygens (including phenoxy) is 1. The number of esters is 1. The summed E-state index contributed by atoms with van der Waals surface area (Å²) in [6.07, 6.45) is 0. The molecule has 4 heteroatoms. The molecule has 74 valence electrons.